The molecular formula is C15H23N3O7S2. The van der Waals surface area contributed by atoms with E-state index in [0.717, 1.165) is 4.90 Å². The Bertz CT molecular complexity index is 780. The molecule has 0 aliphatic carbocycles. The van der Waals surface area contributed by atoms with Crippen molar-refractivity contribution in [3.63, 3.8) is 0 Å². The quantitative estimate of drug-likeness (QED) is 0.423. The predicted molar refractivity (Wildman–Crippen MR) is 97.6 cm³/mol. The Morgan fingerprint density at radius 1 is 1.33 bits per heavy atom. The molecule has 27 heavy (non-hydrogen) atoms. The normalized spacial score (nSPS) is 27.1. The van der Waals surface area contributed by atoms with Gasteiger partial charge in [-0.15, -0.1) is 0 Å². The number of sulfone groups is 1. The third kappa shape index (κ3) is 3.51. The van der Waals surface area contributed by atoms with Gasteiger partial charge in [0.1, 0.15) is 23.5 Å². The Balaban J connectivity index is 2.11. The molecule has 3 N–H and O–H groups in total. The summed E-state index contributed by atoms with van der Waals surface area (Å²) in [6.07, 6.45) is 1.54. The molecule has 2 aliphatic rings. The third-order valence-corrected chi connectivity index (χ3v) is 8.39. The second-order valence-electron chi connectivity index (χ2n) is 7.10. The van der Waals surface area contributed by atoms with Gasteiger partial charge in [-0.3, -0.25) is 14.4 Å². The maximum absolute atomic E-state index is 12.7. The van der Waals surface area contributed by atoms with Crippen molar-refractivity contribution in [2.24, 2.45) is 0 Å². The minimum atomic E-state index is -3.72. The molecule has 3 amide bonds. The molecule has 12 heteroatoms. The molecule has 0 aromatic rings. The van der Waals surface area contributed by atoms with Gasteiger partial charge in [0, 0.05) is 5.75 Å². The molecule has 0 aromatic heterocycles. The van der Waals surface area contributed by atoms with E-state index in [4.69, 9.17) is 5.11 Å². The van der Waals surface area contributed by atoms with Crippen LogP contribution in [0.4, 0.5) is 0 Å². The van der Waals surface area contributed by atoms with E-state index >= 15 is 0 Å². The highest BCUT2D eigenvalue weighted by Crippen LogP contribution is 2.45. The van der Waals surface area contributed by atoms with Crippen molar-refractivity contribution >= 4 is 45.3 Å². The standard InChI is InChI=1S/C15H23N3O7S2/c1-7(12(20)17-8(6-26-4)14(22)23)16-13(21)11-15(2,3)27(24,25)10-5-9(19)18(10)11/h7-8,10-11H,5-6H2,1-4H3,(H,16,21)(H,17,20)(H,22,23). The van der Waals surface area contributed by atoms with Crippen molar-refractivity contribution in [3.05, 3.63) is 0 Å². The number of aliphatic carboxylic acids is 1. The van der Waals surface area contributed by atoms with E-state index in [1.165, 1.54) is 32.5 Å². The van der Waals surface area contributed by atoms with Crippen LogP contribution in [0.15, 0.2) is 0 Å². The second-order valence-corrected chi connectivity index (χ2v) is 10.7. The average molecular weight is 421 g/mol. The number of nitrogens with zero attached hydrogens (tertiary/aromatic N) is 1. The van der Waals surface area contributed by atoms with Crippen LogP contribution in [0.5, 0.6) is 0 Å². The lowest BCUT2D eigenvalue weighted by molar-refractivity contribution is -0.150. The summed E-state index contributed by atoms with van der Waals surface area (Å²) in [7, 11) is -3.72. The summed E-state index contributed by atoms with van der Waals surface area (Å²) in [5, 5.41) is 12.8. The van der Waals surface area contributed by atoms with Crippen LogP contribution in [0, 0.1) is 0 Å². The number of thioether (sulfide) groups is 1. The van der Waals surface area contributed by atoms with Crippen LogP contribution in [-0.4, -0.2) is 82.4 Å². The molecule has 2 aliphatic heterocycles. The minimum absolute atomic E-state index is 0.152. The summed E-state index contributed by atoms with van der Waals surface area (Å²) in [6.45, 7) is 4.11. The molecule has 2 saturated heterocycles. The van der Waals surface area contributed by atoms with Gasteiger partial charge in [-0.1, -0.05) is 0 Å². The number of amides is 3. The molecule has 2 rings (SSSR count). The molecule has 10 nitrogen and oxygen atoms in total. The largest absolute Gasteiger partial charge is 0.480 e. The number of rotatable bonds is 7. The highest BCUT2D eigenvalue weighted by molar-refractivity contribution is 7.98. The van der Waals surface area contributed by atoms with Crippen molar-refractivity contribution in [2.45, 2.75) is 55.4 Å². The van der Waals surface area contributed by atoms with E-state index in [2.05, 4.69) is 10.6 Å². The van der Waals surface area contributed by atoms with E-state index in [1.54, 1.807) is 6.26 Å². The Labute approximate surface area is 161 Å². The Kier molecular flexibility index (Phi) is 5.81. The lowest BCUT2D eigenvalue weighted by Gasteiger charge is -2.37. The van der Waals surface area contributed by atoms with E-state index < -0.39 is 61.8 Å². The maximum atomic E-state index is 12.7. The lowest BCUT2D eigenvalue weighted by Crippen LogP contribution is -2.61. The Morgan fingerprint density at radius 3 is 2.41 bits per heavy atom. The number of carboxylic acids is 1. The van der Waals surface area contributed by atoms with Gasteiger partial charge in [0.25, 0.3) is 0 Å². The molecule has 0 spiro atoms. The SMILES string of the molecule is CSCC(NC(=O)C(C)NC(=O)C1N2C(=O)CC2S(=O)(=O)C1(C)C)C(=O)O. The fraction of sp³-hybridized carbons (Fsp3) is 0.733. The number of carboxylic acid groups (broad SMARTS) is 1. The van der Waals surface area contributed by atoms with Gasteiger partial charge >= 0.3 is 5.97 Å². The molecule has 0 saturated carbocycles. The summed E-state index contributed by atoms with van der Waals surface area (Å²) >= 11 is 1.24. The fourth-order valence-corrected chi connectivity index (χ4v) is 5.94. The molecule has 2 fully saturated rings. The zero-order chi connectivity index (χ0) is 20.7. The first-order valence-corrected chi connectivity index (χ1v) is 11.2. The summed E-state index contributed by atoms with van der Waals surface area (Å²) in [5.74, 6) is -2.96. The minimum Gasteiger partial charge on any atom is -0.480 e. The average Bonchev–Trinajstić information content (AvgIpc) is 2.67. The first kappa shape index (κ1) is 21.5. The van der Waals surface area contributed by atoms with Crippen LogP contribution >= 0.6 is 11.8 Å². The van der Waals surface area contributed by atoms with E-state index in [0.29, 0.717) is 0 Å². The van der Waals surface area contributed by atoms with Crippen molar-refractivity contribution in [1.82, 2.24) is 15.5 Å². The molecule has 0 bridgehead atoms. The van der Waals surface area contributed by atoms with E-state index in [9.17, 15) is 27.6 Å². The van der Waals surface area contributed by atoms with Crippen LogP contribution in [0.3, 0.4) is 0 Å². The van der Waals surface area contributed by atoms with Crippen LogP contribution in [0.25, 0.3) is 0 Å². The van der Waals surface area contributed by atoms with Gasteiger partial charge in [0.2, 0.25) is 17.7 Å². The van der Waals surface area contributed by atoms with Crippen LogP contribution in [-0.2, 0) is 29.0 Å². The zero-order valence-electron chi connectivity index (χ0n) is 15.4. The summed E-state index contributed by atoms with van der Waals surface area (Å²) in [6, 6.07) is -3.46. The molecule has 2 heterocycles. The number of carbonyl (C=O) groups excluding carboxylic acids is 3. The fourth-order valence-electron chi connectivity index (χ4n) is 3.25. The van der Waals surface area contributed by atoms with Gasteiger partial charge in [-0.2, -0.15) is 11.8 Å². The van der Waals surface area contributed by atoms with Gasteiger partial charge < -0.3 is 20.6 Å². The van der Waals surface area contributed by atoms with E-state index in [1.807, 2.05) is 0 Å². The molecule has 0 radical (unpaired) electrons. The topological polar surface area (TPSA) is 150 Å². The van der Waals surface area contributed by atoms with Crippen molar-refractivity contribution < 1.29 is 32.7 Å². The number of nitrogens with one attached hydrogen (secondary N) is 2. The predicted octanol–water partition coefficient (Wildman–Crippen LogP) is -1.44. The number of fused-ring (bicyclic) bond motifs is 1. The Morgan fingerprint density at radius 2 is 1.93 bits per heavy atom. The van der Waals surface area contributed by atoms with Gasteiger partial charge in [-0.25, -0.2) is 13.2 Å². The first-order chi connectivity index (χ1) is 12.4. The number of hydrogen-bond donors (Lipinski definition) is 3. The van der Waals surface area contributed by atoms with Crippen LogP contribution < -0.4 is 10.6 Å². The first-order valence-electron chi connectivity index (χ1n) is 8.23. The van der Waals surface area contributed by atoms with Crippen molar-refractivity contribution in [2.75, 3.05) is 12.0 Å². The van der Waals surface area contributed by atoms with Crippen molar-refractivity contribution in [3.8, 4) is 0 Å². The lowest BCUT2D eigenvalue weighted by atomic mass is 9.97. The molecular weight excluding hydrogens is 398 g/mol. The molecule has 4 unspecified atom stereocenters. The smallest absolute Gasteiger partial charge is 0.327 e. The molecule has 4 atom stereocenters. The number of hydrogen-bond acceptors (Lipinski definition) is 7. The second kappa shape index (κ2) is 7.30. The van der Waals surface area contributed by atoms with Crippen molar-refractivity contribution in [1.29, 1.82) is 0 Å². The summed E-state index contributed by atoms with van der Waals surface area (Å²) < 4.78 is 23.6. The van der Waals surface area contributed by atoms with Gasteiger partial charge in [0.15, 0.2) is 9.84 Å². The highest BCUT2D eigenvalue weighted by atomic mass is 32.2. The van der Waals surface area contributed by atoms with Gasteiger partial charge in [0.05, 0.1) is 11.2 Å². The van der Waals surface area contributed by atoms with Gasteiger partial charge in [-0.05, 0) is 27.0 Å². The van der Waals surface area contributed by atoms with Crippen LogP contribution in [0.2, 0.25) is 0 Å². The van der Waals surface area contributed by atoms with Crippen LogP contribution in [0.1, 0.15) is 27.2 Å². The van der Waals surface area contributed by atoms with E-state index in [-0.39, 0.29) is 12.2 Å². The molecule has 152 valence electrons. The third-order valence-electron chi connectivity index (χ3n) is 4.92. The molecule has 0 aromatic carbocycles. The monoisotopic (exact) mass is 421 g/mol. The number of carbonyl (C=O) groups is 4. The summed E-state index contributed by atoms with van der Waals surface area (Å²) in [5.41, 5.74) is 0. The number of β-lactam (4-membered cyclic amide) rings is 1. The highest BCUT2D eigenvalue weighted by Gasteiger charge is 2.67. The maximum Gasteiger partial charge on any atom is 0.327 e. The Hall–Kier alpha value is -1.82. The zero-order valence-corrected chi connectivity index (χ0v) is 17.0. The summed E-state index contributed by atoms with van der Waals surface area (Å²) in [4.78, 5) is 48.9.